The Hall–Kier alpha value is -0.160. The van der Waals surface area contributed by atoms with Crippen molar-refractivity contribution in [2.75, 3.05) is 33.7 Å². The summed E-state index contributed by atoms with van der Waals surface area (Å²) >= 11 is 0. The Morgan fingerprint density at radius 2 is 2.00 bits per heavy atom. The van der Waals surface area contributed by atoms with Crippen molar-refractivity contribution in [2.45, 2.75) is 18.4 Å². The minimum Gasteiger partial charge on any atom is -0.388 e. The summed E-state index contributed by atoms with van der Waals surface area (Å²) in [7, 11) is 3.86. The van der Waals surface area contributed by atoms with E-state index in [1.165, 1.54) is 0 Å². The molecule has 4 heteroatoms. The average Bonchev–Trinajstić information content (AvgIpc) is 1.94. The Labute approximate surface area is 73.9 Å². The zero-order valence-corrected chi connectivity index (χ0v) is 7.95. The number of hydrogen-bond donors (Lipinski definition) is 2. The number of likely N-dealkylation sites (tertiary alicyclic amines) is 1. The van der Waals surface area contributed by atoms with E-state index >= 15 is 0 Å². The molecule has 1 aliphatic rings. The molecule has 0 spiro atoms. The predicted molar refractivity (Wildman–Crippen MR) is 48.5 cm³/mol. The Morgan fingerprint density at radius 3 is 2.42 bits per heavy atom. The molecule has 0 saturated carbocycles. The quantitative estimate of drug-likeness (QED) is 0.426. The van der Waals surface area contributed by atoms with Crippen LogP contribution < -0.4 is 5.84 Å². The molecule has 0 atom stereocenters. The van der Waals surface area contributed by atoms with Crippen LogP contribution in [0.4, 0.5) is 0 Å². The Balaban J connectivity index is 2.39. The monoisotopic (exact) mass is 173 g/mol. The molecule has 1 saturated heterocycles. The lowest BCUT2D eigenvalue weighted by Crippen LogP contribution is -2.50. The van der Waals surface area contributed by atoms with Gasteiger partial charge in [-0.1, -0.05) is 0 Å². The van der Waals surface area contributed by atoms with Crippen molar-refractivity contribution < 1.29 is 5.11 Å². The van der Waals surface area contributed by atoms with E-state index in [2.05, 4.69) is 11.9 Å². The molecule has 4 nitrogen and oxygen atoms in total. The van der Waals surface area contributed by atoms with Gasteiger partial charge in [-0.3, -0.25) is 5.84 Å². The number of aliphatic hydroxyl groups is 1. The zero-order chi connectivity index (χ0) is 9.19. The van der Waals surface area contributed by atoms with Gasteiger partial charge in [0, 0.05) is 26.7 Å². The second kappa shape index (κ2) is 3.70. The summed E-state index contributed by atoms with van der Waals surface area (Å²) in [4.78, 5) is 2.23. The Kier molecular flexibility index (Phi) is 3.06. The minimum atomic E-state index is -0.560. The van der Waals surface area contributed by atoms with Crippen molar-refractivity contribution in [1.29, 1.82) is 0 Å². The molecule has 1 heterocycles. The molecule has 0 radical (unpaired) electrons. The smallest absolute Gasteiger partial charge is 0.0812 e. The van der Waals surface area contributed by atoms with Crippen molar-refractivity contribution in [2.24, 2.45) is 5.84 Å². The second-order valence-corrected chi connectivity index (χ2v) is 3.94. The van der Waals surface area contributed by atoms with E-state index in [0.717, 1.165) is 25.9 Å². The van der Waals surface area contributed by atoms with Crippen LogP contribution in [0.5, 0.6) is 0 Å². The first-order valence-electron chi connectivity index (χ1n) is 4.39. The van der Waals surface area contributed by atoms with Crippen molar-refractivity contribution in [3.8, 4) is 0 Å². The highest BCUT2D eigenvalue weighted by Crippen LogP contribution is 2.21. The fourth-order valence-electron chi connectivity index (χ4n) is 1.66. The van der Waals surface area contributed by atoms with Gasteiger partial charge < -0.3 is 10.0 Å². The molecule has 1 fully saturated rings. The van der Waals surface area contributed by atoms with Gasteiger partial charge in [0.1, 0.15) is 0 Å². The van der Waals surface area contributed by atoms with Crippen LogP contribution in [-0.4, -0.2) is 54.3 Å². The van der Waals surface area contributed by atoms with Crippen LogP contribution in [0.1, 0.15) is 12.8 Å². The summed E-state index contributed by atoms with van der Waals surface area (Å²) in [5.41, 5.74) is -0.560. The molecule has 1 aliphatic heterocycles. The number of piperidine rings is 1. The maximum Gasteiger partial charge on any atom is 0.0812 e. The van der Waals surface area contributed by atoms with Crippen LogP contribution in [0.3, 0.4) is 0 Å². The third kappa shape index (κ3) is 2.71. The summed E-state index contributed by atoms with van der Waals surface area (Å²) in [6.45, 7) is 2.50. The summed E-state index contributed by atoms with van der Waals surface area (Å²) in [5.74, 6) is 5.50. The zero-order valence-electron chi connectivity index (χ0n) is 7.95. The molecular formula is C8H19N3O. The predicted octanol–water partition coefficient (Wildman–Crippen LogP) is -0.751. The van der Waals surface area contributed by atoms with Gasteiger partial charge in [0.2, 0.25) is 0 Å². The summed E-state index contributed by atoms with van der Waals surface area (Å²) < 4.78 is 0. The summed E-state index contributed by atoms with van der Waals surface area (Å²) in [6, 6.07) is 0. The number of nitrogens with zero attached hydrogens (tertiary/aromatic N) is 2. The molecular weight excluding hydrogens is 154 g/mol. The lowest BCUT2D eigenvalue weighted by atomic mass is 9.91. The van der Waals surface area contributed by atoms with Gasteiger partial charge in [0.15, 0.2) is 0 Å². The number of rotatable bonds is 2. The SMILES string of the molecule is CN(N)CC1(O)CCN(C)CC1. The summed E-state index contributed by atoms with van der Waals surface area (Å²) in [5, 5.41) is 11.6. The van der Waals surface area contributed by atoms with Crippen LogP contribution >= 0.6 is 0 Å². The molecule has 0 unspecified atom stereocenters. The number of hydrazine groups is 1. The van der Waals surface area contributed by atoms with E-state index < -0.39 is 5.60 Å². The third-order valence-electron chi connectivity index (χ3n) is 2.46. The van der Waals surface area contributed by atoms with Gasteiger partial charge in [-0.05, 0) is 19.9 Å². The van der Waals surface area contributed by atoms with Crippen molar-refractivity contribution in [3.63, 3.8) is 0 Å². The van der Waals surface area contributed by atoms with Gasteiger partial charge in [-0.2, -0.15) is 0 Å². The van der Waals surface area contributed by atoms with Crippen LogP contribution in [0.15, 0.2) is 0 Å². The van der Waals surface area contributed by atoms with E-state index in [1.807, 2.05) is 0 Å². The maximum atomic E-state index is 10.0. The van der Waals surface area contributed by atoms with Crippen LogP contribution in [0, 0.1) is 0 Å². The van der Waals surface area contributed by atoms with E-state index in [0.29, 0.717) is 6.54 Å². The molecule has 72 valence electrons. The highest BCUT2D eigenvalue weighted by molar-refractivity contribution is 4.86. The summed E-state index contributed by atoms with van der Waals surface area (Å²) in [6.07, 6.45) is 1.65. The van der Waals surface area contributed by atoms with Gasteiger partial charge in [0.25, 0.3) is 0 Å². The highest BCUT2D eigenvalue weighted by Gasteiger charge is 2.31. The van der Waals surface area contributed by atoms with E-state index in [-0.39, 0.29) is 0 Å². The number of hydrogen-bond acceptors (Lipinski definition) is 4. The first-order valence-corrected chi connectivity index (χ1v) is 4.39. The average molecular weight is 173 g/mol. The van der Waals surface area contributed by atoms with Gasteiger partial charge >= 0.3 is 0 Å². The van der Waals surface area contributed by atoms with E-state index in [4.69, 9.17) is 5.84 Å². The topological polar surface area (TPSA) is 52.7 Å². The number of nitrogens with two attached hydrogens (primary N) is 1. The van der Waals surface area contributed by atoms with Gasteiger partial charge in [-0.25, -0.2) is 5.01 Å². The van der Waals surface area contributed by atoms with Crippen LogP contribution in [-0.2, 0) is 0 Å². The molecule has 0 aromatic carbocycles. The normalized spacial score (nSPS) is 24.8. The first kappa shape index (κ1) is 9.92. The maximum absolute atomic E-state index is 10.0. The van der Waals surface area contributed by atoms with E-state index in [9.17, 15) is 5.11 Å². The lowest BCUT2D eigenvalue weighted by Gasteiger charge is -2.37. The number of likely N-dealkylation sites (N-methyl/N-ethyl adjacent to an activating group) is 1. The van der Waals surface area contributed by atoms with Crippen molar-refractivity contribution in [1.82, 2.24) is 9.91 Å². The molecule has 1 rings (SSSR count). The molecule has 3 N–H and O–H groups in total. The standard InChI is InChI=1S/C8H19N3O/c1-10-5-3-8(12,4-6-10)7-11(2)9/h12H,3-7,9H2,1-2H3. The molecule has 12 heavy (non-hydrogen) atoms. The molecule has 0 aromatic rings. The van der Waals surface area contributed by atoms with Crippen LogP contribution in [0.25, 0.3) is 0 Å². The molecule has 0 aliphatic carbocycles. The minimum absolute atomic E-state index is 0.560. The fraction of sp³-hybridized carbons (Fsp3) is 1.00. The van der Waals surface area contributed by atoms with Crippen LogP contribution in [0.2, 0.25) is 0 Å². The lowest BCUT2D eigenvalue weighted by molar-refractivity contribution is -0.0367. The molecule has 0 bridgehead atoms. The van der Waals surface area contributed by atoms with Crippen molar-refractivity contribution in [3.05, 3.63) is 0 Å². The fourth-order valence-corrected chi connectivity index (χ4v) is 1.66. The molecule has 0 aromatic heterocycles. The largest absolute Gasteiger partial charge is 0.388 e. The van der Waals surface area contributed by atoms with E-state index in [1.54, 1.807) is 12.1 Å². The third-order valence-corrected chi connectivity index (χ3v) is 2.46. The Bertz CT molecular complexity index is 141. The Morgan fingerprint density at radius 1 is 1.50 bits per heavy atom. The van der Waals surface area contributed by atoms with Crippen molar-refractivity contribution >= 4 is 0 Å². The van der Waals surface area contributed by atoms with Gasteiger partial charge in [0.05, 0.1) is 5.60 Å². The second-order valence-electron chi connectivity index (χ2n) is 3.94. The first-order chi connectivity index (χ1) is 5.52. The molecule has 0 amide bonds. The highest BCUT2D eigenvalue weighted by atomic mass is 16.3. The van der Waals surface area contributed by atoms with Gasteiger partial charge in [-0.15, -0.1) is 0 Å².